The van der Waals surface area contributed by atoms with Crippen LogP contribution in [0.1, 0.15) is 18.1 Å². The Labute approximate surface area is 160 Å². The van der Waals surface area contributed by atoms with Crippen LogP contribution in [0.25, 0.3) is 0 Å². The molecule has 1 aliphatic rings. The zero-order chi connectivity index (χ0) is 19.8. The van der Waals surface area contributed by atoms with Gasteiger partial charge in [-0.3, -0.25) is 14.5 Å². The number of hydrogen-bond acceptors (Lipinski definition) is 3. The Balaban J connectivity index is 1.75. The van der Waals surface area contributed by atoms with E-state index in [9.17, 15) is 18.8 Å². The van der Waals surface area contributed by atoms with Crippen LogP contribution in [0.2, 0.25) is 5.02 Å². The molecule has 0 aromatic heterocycles. The van der Waals surface area contributed by atoms with Gasteiger partial charge in [0.15, 0.2) is 0 Å². The van der Waals surface area contributed by atoms with E-state index in [1.807, 2.05) is 19.1 Å². The summed E-state index contributed by atoms with van der Waals surface area (Å²) in [5, 5.41) is 5.14. The molecule has 0 spiro atoms. The van der Waals surface area contributed by atoms with E-state index in [4.69, 9.17) is 11.6 Å². The Morgan fingerprint density at radius 2 is 1.89 bits per heavy atom. The number of nitrogens with one attached hydrogen (secondary N) is 2. The summed E-state index contributed by atoms with van der Waals surface area (Å²) in [6.45, 7) is 2.95. The van der Waals surface area contributed by atoms with E-state index < -0.39 is 35.7 Å². The number of carbonyl (C=O) groups is 3. The molecule has 8 heteroatoms. The lowest BCUT2D eigenvalue weighted by atomic mass is 9.91. The van der Waals surface area contributed by atoms with Crippen molar-refractivity contribution in [3.63, 3.8) is 0 Å². The SMILES string of the molecule is Cc1ccc(C2(C)NC(=O)N(CC(=O)Nc3ccc(Cl)cc3F)C2=O)cc1. The van der Waals surface area contributed by atoms with Crippen LogP contribution >= 0.6 is 11.6 Å². The van der Waals surface area contributed by atoms with Gasteiger partial charge in [0.1, 0.15) is 17.9 Å². The van der Waals surface area contributed by atoms with Gasteiger partial charge >= 0.3 is 6.03 Å². The van der Waals surface area contributed by atoms with Crippen molar-refractivity contribution in [1.29, 1.82) is 0 Å². The Morgan fingerprint density at radius 3 is 2.52 bits per heavy atom. The van der Waals surface area contributed by atoms with Crippen LogP contribution in [0.5, 0.6) is 0 Å². The smallest absolute Gasteiger partial charge is 0.322 e. The maximum Gasteiger partial charge on any atom is 0.325 e. The van der Waals surface area contributed by atoms with Crippen LogP contribution < -0.4 is 10.6 Å². The minimum Gasteiger partial charge on any atom is -0.322 e. The second-order valence-corrected chi connectivity index (χ2v) is 6.92. The topological polar surface area (TPSA) is 78.5 Å². The monoisotopic (exact) mass is 389 g/mol. The van der Waals surface area contributed by atoms with Crippen LogP contribution in [0.4, 0.5) is 14.9 Å². The Bertz CT molecular complexity index is 932. The standard InChI is InChI=1S/C19H17ClFN3O3/c1-11-3-5-12(6-4-11)19(2)17(26)24(18(27)23-19)10-16(25)22-15-8-7-13(20)9-14(15)21/h3-9H,10H2,1-2H3,(H,22,25)(H,23,27). The summed E-state index contributed by atoms with van der Waals surface area (Å²) in [7, 11) is 0. The fourth-order valence-electron chi connectivity index (χ4n) is 2.85. The van der Waals surface area contributed by atoms with Crippen molar-refractivity contribution in [2.75, 3.05) is 11.9 Å². The summed E-state index contributed by atoms with van der Waals surface area (Å²) in [6.07, 6.45) is 0. The lowest BCUT2D eigenvalue weighted by molar-refractivity contribution is -0.133. The maximum absolute atomic E-state index is 13.8. The fourth-order valence-corrected chi connectivity index (χ4v) is 3.01. The van der Waals surface area contributed by atoms with Gasteiger partial charge in [-0.25, -0.2) is 9.18 Å². The van der Waals surface area contributed by atoms with E-state index in [2.05, 4.69) is 10.6 Å². The summed E-state index contributed by atoms with van der Waals surface area (Å²) < 4.78 is 13.8. The lowest BCUT2D eigenvalue weighted by Gasteiger charge is -2.22. The minimum atomic E-state index is -1.27. The molecule has 27 heavy (non-hydrogen) atoms. The van der Waals surface area contributed by atoms with E-state index in [0.717, 1.165) is 16.5 Å². The highest BCUT2D eigenvalue weighted by Crippen LogP contribution is 2.29. The first-order valence-corrected chi connectivity index (χ1v) is 8.54. The number of hydrogen-bond donors (Lipinski definition) is 2. The van der Waals surface area contributed by atoms with Crippen LogP contribution in [0, 0.1) is 12.7 Å². The first-order valence-electron chi connectivity index (χ1n) is 8.17. The molecule has 0 radical (unpaired) electrons. The summed E-state index contributed by atoms with van der Waals surface area (Å²) in [4.78, 5) is 38.1. The maximum atomic E-state index is 13.8. The van der Waals surface area contributed by atoms with Crippen molar-refractivity contribution < 1.29 is 18.8 Å². The molecular weight excluding hydrogens is 373 g/mol. The molecular formula is C19H17ClFN3O3. The van der Waals surface area contributed by atoms with Crippen molar-refractivity contribution in [2.45, 2.75) is 19.4 Å². The normalized spacial score (nSPS) is 19.2. The van der Waals surface area contributed by atoms with Gasteiger partial charge < -0.3 is 10.6 Å². The van der Waals surface area contributed by atoms with Gasteiger partial charge in [-0.05, 0) is 37.6 Å². The van der Waals surface area contributed by atoms with Gasteiger partial charge in [-0.15, -0.1) is 0 Å². The number of aryl methyl sites for hydroxylation is 1. The molecule has 1 heterocycles. The van der Waals surface area contributed by atoms with Gasteiger partial charge in [0.25, 0.3) is 5.91 Å². The van der Waals surface area contributed by atoms with Crippen molar-refractivity contribution in [2.24, 2.45) is 0 Å². The highest BCUT2D eigenvalue weighted by atomic mass is 35.5. The summed E-state index contributed by atoms with van der Waals surface area (Å²) >= 11 is 5.67. The number of urea groups is 1. The van der Waals surface area contributed by atoms with E-state index in [1.165, 1.54) is 12.1 Å². The van der Waals surface area contributed by atoms with Crippen LogP contribution in [-0.4, -0.2) is 29.3 Å². The molecule has 4 amide bonds. The number of benzene rings is 2. The highest BCUT2D eigenvalue weighted by Gasteiger charge is 2.49. The third kappa shape index (κ3) is 3.64. The number of rotatable bonds is 4. The van der Waals surface area contributed by atoms with Gasteiger partial charge in [0, 0.05) is 5.02 Å². The molecule has 2 N–H and O–H groups in total. The molecule has 140 valence electrons. The predicted molar refractivity (Wildman–Crippen MR) is 98.8 cm³/mol. The third-order valence-corrected chi connectivity index (χ3v) is 4.65. The molecule has 3 rings (SSSR count). The van der Waals surface area contributed by atoms with Gasteiger partial charge in [-0.2, -0.15) is 0 Å². The predicted octanol–water partition coefficient (Wildman–Crippen LogP) is 3.19. The second kappa shape index (κ2) is 7.00. The van der Waals surface area contributed by atoms with Crippen LogP contribution in [0.15, 0.2) is 42.5 Å². The average Bonchev–Trinajstić information content (AvgIpc) is 2.82. The molecule has 1 unspecified atom stereocenters. The van der Waals surface area contributed by atoms with Gasteiger partial charge in [0.2, 0.25) is 5.91 Å². The largest absolute Gasteiger partial charge is 0.325 e. The molecule has 0 saturated carbocycles. The third-order valence-electron chi connectivity index (χ3n) is 4.41. The summed E-state index contributed by atoms with van der Waals surface area (Å²) in [6, 6.07) is 10.3. The molecule has 0 bridgehead atoms. The first-order chi connectivity index (χ1) is 12.7. The Hall–Kier alpha value is -2.93. The zero-order valence-corrected chi connectivity index (χ0v) is 15.4. The number of nitrogens with zero attached hydrogens (tertiary/aromatic N) is 1. The van der Waals surface area contributed by atoms with Gasteiger partial charge in [-0.1, -0.05) is 41.4 Å². The van der Waals surface area contributed by atoms with Crippen LogP contribution in [-0.2, 0) is 15.1 Å². The second-order valence-electron chi connectivity index (χ2n) is 6.48. The molecule has 0 aliphatic carbocycles. The van der Waals surface area contributed by atoms with Crippen molar-refractivity contribution in [1.82, 2.24) is 10.2 Å². The van der Waals surface area contributed by atoms with Crippen molar-refractivity contribution >= 4 is 35.1 Å². The Kier molecular flexibility index (Phi) is 4.89. The number of amides is 4. The first kappa shape index (κ1) is 18.8. The lowest BCUT2D eigenvalue weighted by Crippen LogP contribution is -2.42. The molecule has 6 nitrogen and oxygen atoms in total. The quantitative estimate of drug-likeness (QED) is 0.788. The van der Waals surface area contributed by atoms with Crippen molar-refractivity contribution in [3.05, 3.63) is 64.4 Å². The number of halogens is 2. The molecule has 2 aromatic carbocycles. The minimum absolute atomic E-state index is 0.0854. The van der Waals surface area contributed by atoms with E-state index in [0.29, 0.717) is 5.56 Å². The Morgan fingerprint density at radius 1 is 1.22 bits per heavy atom. The molecule has 2 aromatic rings. The zero-order valence-electron chi connectivity index (χ0n) is 14.7. The highest BCUT2D eigenvalue weighted by molar-refractivity contribution is 6.30. The average molecular weight is 390 g/mol. The van der Waals surface area contributed by atoms with E-state index in [-0.39, 0.29) is 10.7 Å². The van der Waals surface area contributed by atoms with Crippen LogP contribution in [0.3, 0.4) is 0 Å². The molecule has 1 fully saturated rings. The van der Waals surface area contributed by atoms with Gasteiger partial charge in [0.05, 0.1) is 5.69 Å². The fraction of sp³-hybridized carbons (Fsp3) is 0.211. The molecule has 1 saturated heterocycles. The van der Waals surface area contributed by atoms with E-state index >= 15 is 0 Å². The number of anilines is 1. The molecule has 1 aliphatic heterocycles. The van der Waals surface area contributed by atoms with E-state index in [1.54, 1.807) is 19.1 Å². The van der Waals surface area contributed by atoms with Crippen molar-refractivity contribution in [3.8, 4) is 0 Å². The summed E-state index contributed by atoms with van der Waals surface area (Å²) in [5.41, 5.74) is 0.271. The number of carbonyl (C=O) groups excluding carboxylic acids is 3. The summed E-state index contributed by atoms with van der Waals surface area (Å²) in [5.74, 6) is -1.96. The molecule has 1 atom stereocenters. The number of imide groups is 1.